The molecule has 0 spiro atoms. The van der Waals surface area contributed by atoms with Crippen molar-refractivity contribution in [2.24, 2.45) is 0 Å². The molecule has 0 heterocycles. The van der Waals surface area contributed by atoms with Gasteiger partial charge < -0.3 is 15.7 Å². The summed E-state index contributed by atoms with van der Waals surface area (Å²) in [4.78, 5) is 11.7. The van der Waals surface area contributed by atoms with Gasteiger partial charge >= 0.3 is 0 Å². The predicted octanol–water partition coefficient (Wildman–Crippen LogP) is 3.21. The number of hydrogen-bond donors (Lipinski definition) is 3. The summed E-state index contributed by atoms with van der Waals surface area (Å²) in [5.74, 6) is -0.201. The molecule has 0 aromatic heterocycles. The Labute approximate surface area is 119 Å². The first-order valence-corrected chi connectivity index (χ1v) is 6.52. The average molecular weight is 321 g/mol. The van der Waals surface area contributed by atoms with Crippen LogP contribution in [0.2, 0.25) is 0 Å². The fraction of sp³-hybridized carbons (Fsp3) is 0.0714. The van der Waals surface area contributed by atoms with E-state index in [1.54, 1.807) is 18.2 Å². The molecular weight excluding hydrogens is 308 g/mol. The van der Waals surface area contributed by atoms with E-state index >= 15 is 0 Å². The van der Waals surface area contributed by atoms with Crippen LogP contribution >= 0.6 is 15.9 Å². The highest BCUT2D eigenvalue weighted by Gasteiger charge is 2.08. The average Bonchev–Trinajstić information content (AvgIpc) is 2.43. The Morgan fingerprint density at radius 3 is 2.58 bits per heavy atom. The van der Waals surface area contributed by atoms with E-state index < -0.39 is 0 Å². The van der Waals surface area contributed by atoms with Crippen LogP contribution < -0.4 is 10.6 Å². The maximum absolute atomic E-state index is 11.7. The van der Waals surface area contributed by atoms with Crippen LogP contribution in [0.1, 0.15) is 0 Å². The van der Waals surface area contributed by atoms with Gasteiger partial charge in [0.25, 0.3) is 0 Å². The molecule has 0 aliphatic heterocycles. The maximum Gasteiger partial charge on any atom is 0.243 e. The summed E-state index contributed by atoms with van der Waals surface area (Å²) in [5.41, 5.74) is 1.25. The summed E-state index contributed by atoms with van der Waals surface area (Å²) in [6.07, 6.45) is 0. The third-order valence-corrected chi connectivity index (χ3v) is 3.13. The SMILES string of the molecule is O=C(CNc1ccccc1)Nc1cccc(Br)c1O. The highest BCUT2D eigenvalue weighted by Crippen LogP contribution is 2.31. The van der Waals surface area contributed by atoms with Crippen molar-refractivity contribution < 1.29 is 9.90 Å². The molecule has 0 radical (unpaired) electrons. The zero-order valence-corrected chi connectivity index (χ0v) is 11.6. The summed E-state index contributed by atoms with van der Waals surface area (Å²) < 4.78 is 0.543. The van der Waals surface area contributed by atoms with Crippen molar-refractivity contribution in [1.29, 1.82) is 0 Å². The first-order chi connectivity index (χ1) is 9.16. The number of phenols is 1. The van der Waals surface area contributed by atoms with Crippen LogP contribution in [0.15, 0.2) is 53.0 Å². The predicted molar refractivity (Wildman–Crippen MR) is 79.4 cm³/mol. The molecule has 1 amide bonds. The van der Waals surface area contributed by atoms with Crippen molar-refractivity contribution in [2.45, 2.75) is 0 Å². The molecule has 4 nitrogen and oxygen atoms in total. The Kier molecular flexibility index (Phi) is 4.41. The monoisotopic (exact) mass is 320 g/mol. The fourth-order valence-corrected chi connectivity index (χ4v) is 1.92. The largest absolute Gasteiger partial charge is 0.505 e. The van der Waals surface area contributed by atoms with Gasteiger partial charge in [-0.05, 0) is 40.2 Å². The number of para-hydroxylation sites is 2. The van der Waals surface area contributed by atoms with E-state index in [-0.39, 0.29) is 18.2 Å². The summed E-state index contributed by atoms with van der Waals surface area (Å²) >= 11 is 3.19. The van der Waals surface area contributed by atoms with Gasteiger partial charge in [0.1, 0.15) is 0 Å². The number of anilines is 2. The Morgan fingerprint density at radius 2 is 1.84 bits per heavy atom. The summed E-state index contributed by atoms with van der Waals surface area (Å²) in [7, 11) is 0. The molecule has 0 fully saturated rings. The third kappa shape index (κ3) is 3.72. The van der Waals surface area contributed by atoms with Gasteiger partial charge in [0.05, 0.1) is 16.7 Å². The number of rotatable bonds is 4. The maximum atomic E-state index is 11.7. The molecule has 3 N–H and O–H groups in total. The molecule has 0 saturated heterocycles. The Balaban J connectivity index is 1.93. The lowest BCUT2D eigenvalue weighted by molar-refractivity contribution is -0.114. The standard InChI is InChI=1S/C14H13BrN2O2/c15-11-7-4-8-12(14(11)19)17-13(18)9-16-10-5-2-1-3-6-10/h1-8,16,19H,9H2,(H,17,18). The highest BCUT2D eigenvalue weighted by molar-refractivity contribution is 9.10. The van der Waals surface area contributed by atoms with Crippen LogP contribution in [0.25, 0.3) is 0 Å². The van der Waals surface area contributed by atoms with Crippen LogP contribution in [0.4, 0.5) is 11.4 Å². The summed E-state index contributed by atoms with van der Waals surface area (Å²) in [6, 6.07) is 14.5. The Morgan fingerprint density at radius 1 is 1.11 bits per heavy atom. The van der Waals surface area contributed by atoms with Gasteiger partial charge in [0.15, 0.2) is 5.75 Å². The topological polar surface area (TPSA) is 61.4 Å². The lowest BCUT2D eigenvalue weighted by Gasteiger charge is -2.09. The number of aromatic hydroxyl groups is 1. The smallest absolute Gasteiger partial charge is 0.243 e. The Hall–Kier alpha value is -2.01. The number of carbonyl (C=O) groups excluding carboxylic acids is 1. The number of carbonyl (C=O) groups is 1. The van der Waals surface area contributed by atoms with Crippen molar-refractivity contribution in [2.75, 3.05) is 17.2 Å². The van der Waals surface area contributed by atoms with Crippen LogP contribution in [0, 0.1) is 0 Å². The second kappa shape index (κ2) is 6.24. The third-order valence-electron chi connectivity index (χ3n) is 2.49. The number of phenolic OH excluding ortho intramolecular Hbond substituents is 1. The first kappa shape index (κ1) is 13.4. The zero-order valence-electron chi connectivity index (χ0n) is 10.1. The fourth-order valence-electron chi connectivity index (χ4n) is 1.55. The van der Waals surface area contributed by atoms with Crippen molar-refractivity contribution in [1.82, 2.24) is 0 Å². The number of nitrogens with one attached hydrogen (secondary N) is 2. The molecule has 0 bridgehead atoms. The molecule has 2 rings (SSSR count). The molecule has 0 unspecified atom stereocenters. The number of amides is 1. The van der Waals surface area contributed by atoms with Gasteiger partial charge in [-0.3, -0.25) is 4.79 Å². The van der Waals surface area contributed by atoms with Crippen LogP contribution in [-0.2, 0) is 4.79 Å². The van der Waals surface area contributed by atoms with E-state index in [1.807, 2.05) is 30.3 Å². The molecule has 0 atom stereocenters. The van der Waals surface area contributed by atoms with Gasteiger partial charge in [-0.2, -0.15) is 0 Å². The number of hydrogen-bond acceptors (Lipinski definition) is 3. The number of benzene rings is 2. The van der Waals surface area contributed by atoms with E-state index in [4.69, 9.17) is 0 Å². The minimum Gasteiger partial charge on any atom is -0.505 e. The van der Waals surface area contributed by atoms with Crippen LogP contribution in [-0.4, -0.2) is 17.6 Å². The molecule has 98 valence electrons. The van der Waals surface area contributed by atoms with E-state index in [9.17, 15) is 9.90 Å². The minimum atomic E-state index is -0.225. The van der Waals surface area contributed by atoms with Gasteiger partial charge in [0, 0.05) is 5.69 Å². The number of halogens is 1. The zero-order chi connectivity index (χ0) is 13.7. The summed E-state index contributed by atoms with van der Waals surface area (Å²) in [5, 5.41) is 15.4. The van der Waals surface area contributed by atoms with E-state index in [0.717, 1.165) is 5.69 Å². The van der Waals surface area contributed by atoms with Crippen molar-refractivity contribution in [3.8, 4) is 5.75 Å². The highest BCUT2D eigenvalue weighted by atomic mass is 79.9. The molecule has 0 aliphatic carbocycles. The quantitative estimate of drug-likeness (QED) is 0.758. The van der Waals surface area contributed by atoms with Crippen LogP contribution in [0.3, 0.4) is 0 Å². The van der Waals surface area contributed by atoms with Crippen LogP contribution in [0.5, 0.6) is 5.75 Å². The van der Waals surface area contributed by atoms with E-state index in [0.29, 0.717) is 10.2 Å². The lowest BCUT2D eigenvalue weighted by Crippen LogP contribution is -2.21. The van der Waals surface area contributed by atoms with Gasteiger partial charge in [-0.1, -0.05) is 24.3 Å². The van der Waals surface area contributed by atoms with E-state index in [2.05, 4.69) is 26.6 Å². The normalized spacial score (nSPS) is 9.95. The van der Waals surface area contributed by atoms with Gasteiger partial charge in [0.2, 0.25) is 5.91 Å². The van der Waals surface area contributed by atoms with Gasteiger partial charge in [-0.25, -0.2) is 0 Å². The molecule has 2 aromatic rings. The summed E-state index contributed by atoms with van der Waals surface area (Å²) in [6.45, 7) is 0.135. The molecule has 2 aromatic carbocycles. The molecule has 5 heteroatoms. The molecular formula is C14H13BrN2O2. The molecule has 0 aliphatic rings. The lowest BCUT2D eigenvalue weighted by atomic mass is 10.3. The minimum absolute atomic E-state index is 0.0237. The second-order valence-corrected chi connectivity index (χ2v) is 4.76. The van der Waals surface area contributed by atoms with Crippen molar-refractivity contribution in [3.05, 3.63) is 53.0 Å². The Bertz CT molecular complexity index is 573. The van der Waals surface area contributed by atoms with E-state index in [1.165, 1.54) is 0 Å². The second-order valence-electron chi connectivity index (χ2n) is 3.90. The van der Waals surface area contributed by atoms with Gasteiger partial charge in [-0.15, -0.1) is 0 Å². The van der Waals surface area contributed by atoms with Crippen molar-refractivity contribution in [3.63, 3.8) is 0 Å². The molecule has 0 saturated carbocycles. The van der Waals surface area contributed by atoms with Crippen molar-refractivity contribution >= 4 is 33.2 Å². The first-order valence-electron chi connectivity index (χ1n) is 5.73. The molecule has 19 heavy (non-hydrogen) atoms.